The molecule has 3 rings (SSSR count). The number of carbonyl (C=O) groups excluding carboxylic acids is 1. The van der Waals surface area contributed by atoms with Crippen molar-refractivity contribution in [3.05, 3.63) is 59.7 Å². The van der Waals surface area contributed by atoms with Crippen molar-refractivity contribution in [1.29, 1.82) is 0 Å². The molecular weight excluding hydrogens is 354 g/mol. The van der Waals surface area contributed by atoms with Gasteiger partial charge in [-0.05, 0) is 49.6 Å². The molecule has 0 saturated heterocycles. The lowest BCUT2D eigenvalue weighted by Gasteiger charge is -2.32. The minimum Gasteiger partial charge on any atom is -0.324 e. The minimum atomic E-state index is -2.52. The van der Waals surface area contributed by atoms with Crippen molar-refractivity contribution in [3.8, 4) is 0 Å². The number of rotatable bonds is 6. The number of hydrogen-bond donors (Lipinski definition) is 1. The van der Waals surface area contributed by atoms with Gasteiger partial charge in [0.1, 0.15) is 0 Å². The molecule has 1 amide bonds. The zero-order valence-electron chi connectivity index (χ0n) is 14.6. The fourth-order valence-corrected chi connectivity index (χ4v) is 4.08. The quantitative estimate of drug-likeness (QED) is 0.724. The van der Waals surface area contributed by atoms with E-state index in [9.17, 15) is 13.6 Å². The van der Waals surface area contributed by atoms with Gasteiger partial charge in [-0.25, -0.2) is 0 Å². The topological polar surface area (TPSA) is 32.3 Å². The molecular formula is C20H22F2N2OS. The highest BCUT2D eigenvalue weighted by atomic mass is 32.2. The Labute approximate surface area is 156 Å². The van der Waals surface area contributed by atoms with Crippen LogP contribution in [0.15, 0.2) is 53.4 Å². The highest BCUT2D eigenvalue weighted by molar-refractivity contribution is 7.99. The van der Waals surface area contributed by atoms with Gasteiger partial charge in [0.25, 0.3) is 5.76 Å². The van der Waals surface area contributed by atoms with E-state index < -0.39 is 5.76 Å². The van der Waals surface area contributed by atoms with Crippen LogP contribution in [0.2, 0.25) is 0 Å². The van der Waals surface area contributed by atoms with E-state index >= 15 is 0 Å². The fourth-order valence-electron chi connectivity index (χ4n) is 3.48. The summed E-state index contributed by atoms with van der Waals surface area (Å²) >= 11 is 0.443. The number of fused-ring (bicyclic) bond motifs is 1. The van der Waals surface area contributed by atoms with Crippen LogP contribution >= 0.6 is 11.8 Å². The zero-order chi connectivity index (χ0) is 18.5. The number of thioether (sulfide) groups is 1. The molecule has 26 heavy (non-hydrogen) atoms. The normalized spacial score (nSPS) is 16.6. The van der Waals surface area contributed by atoms with Crippen molar-refractivity contribution in [2.24, 2.45) is 0 Å². The molecule has 0 bridgehead atoms. The first-order valence-electron chi connectivity index (χ1n) is 8.66. The molecule has 0 spiro atoms. The lowest BCUT2D eigenvalue weighted by molar-refractivity contribution is -0.117. The summed E-state index contributed by atoms with van der Waals surface area (Å²) in [5, 5.41) is 2.78. The van der Waals surface area contributed by atoms with Gasteiger partial charge in [-0.2, -0.15) is 8.78 Å². The first-order valence-corrected chi connectivity index (χ1v) is 9.54. The molecule has 0 radical (unpaired) electrons. The monoisotopic (exact) mass is 376 g/mol. The summed E-state index contributed by atoms with van der Waals surface area (Å²) in [6, 6.07) is 15.2. The Balaban J connectivity index is 1.66. The molecule has 1 atom stereocenters. The number of amides is 1. The Kier molecular flexibility index (Phi) is 6.27. The molecule has 0 unspecified atom stereocenters. The van der Waals surface area contributed by atoms with E-state index in [1.165, 1.54) is 11.1 Å². The lowest BCUT2D eigenvalue weighted by Crippen LogP contribution is -2.35. The smallest absolute Gasteiger partial charge is 0.288 e. The van der Waals surface area contributed by atoms with Crippen LogP contribution in [-0.2, 0) is 11.2 Å². The number of benzene rings is 2. The van der Waals surface area contributed by atoms with Gasteiger partial charge in [0.05, 0.1) is 12.2 Å². The molecule has 0 fully saturated rings. The van der Waals surface area contributed by atoms with Gasteiger partial charge in [0.15, 0.2) is 0 Å². The SMILES string of the molecule is CN(CC(=O)Nc1ccccc1SC(F)F)[C@H]1CCCc2ccccc21. The first kappa shape index (κ1) is 18.9. The molecule has 0 saturated carbocycles. The maximum Gasteiger partial charge on any atom is 0.288 e. The number of alkyl halides is 2. The Morgan fingerprint density at radius 3 is 2.77 bits per heavy atom. The third-order valence-electron chi connectivity index (χ3n) is 4.64. The molecule has 3 nitrogen and oxygen atoms in total. The van der Waals surface area contributed by atoms with E-state index in [2.05, 4.69) is 17.4 Å². The van der Waals surface area contributed by atoms with Crippen molar-refractivity contribution in [3.63, 3.8) is 0 Å². The number of anilines is 1. The summed E-state index contributed by atoms with van der Waals surface area (Å²) < 4.78 is 25.3. The van der Waals surface area contributed by atoms with Gasteiger partial charge in [0, 0.05) is 10.9 Å². The highest BCUT2D eigenvalue weighted by Gasteiger charge is 2.24. The Morgan fingerprint density at radius 2 is 1.96 bits per heavy atom. The molecule has 138 valence electrons. The van der Waals surface area contributed by atoms with Gasteiger partial charge >= 0.3 is 0 Å². The number of likely N-dealkylation sites (N-methyl/N-ethyl adjacent to an activating group) is 1. The van der Waals surface area contributed by atoms with Crippen LogP contribution in [0.3, 0.4) is 0 Å². The average Bonchev–Trinajstić information content (AvgIpc) is 2.62. The molecule has 0 aromatic heterocycles. The first-order chi connectivity index (χ1) is 12.5. The molecule has 1 aliphatic carbocycles. The van der Waals surface area contributed by atoms with Gasteiger partial charge in [0.2, 0.25) is 5.91 Å². The number of nitrogens with zero attached hydrogens (tertiary/aromatic N) is 1. The maximum absolute atomic E-state index is 12.7. The maximum atomic E-state index is 12.7. The zero-order valence-corrected chi connectivity index (χ0v) is 15.4. The van der Waals surface area contributed by atoms with E-state index in [0.717, 1.165) is 19.3 Å². The number of nitrogens with one attached hydrogen (secondary N) is 1. The average molecular weight is 376 g/mol. The minimum absolute atomic E-state index is 0.196. The molecule has 1 aliphatic rings. The number of para-hydroxylation sites is 1. The summed E-state index contributed by atoms with van der Waals surface area (Å²) in [6.45, 7) is 0.215. The molecule has 1 N–H and O–H groups in total. The van der Waals surface area contributed by atoms with Crippen LogP contribution < -0.4 is 5.32 Å². The number of carbonyl (C=O) groups is 1. The molecule has 6 heteroatoms. The van der Waals surface area contributed by atoms with E-state index in [1.807, 2.05) is 24.1 Å². The van der Waals surface area contributed by atoms with Crippen LogP contribution in [0.25, 0.3) is 0 Å². The van der Waals surface area contributed by atoms with Crippen molar-refractivity contribution >= 4 is 23.4 Å². The summed E-state index contributed by atoms with van der Waals surface area (Å²) in [6.07, 6.45) is 3.19. The lowest BCUT2D eigenvalue weighted by atomic mass is 9.87. The largest absolute Gasteiger partial charge is 0.324 e. The Morgan fingerprint density at radius 1 is 1.23 bits per heavy atom. The summed E-state index contributed by atoms with van der Waals surface area (Å²) in [5.74, 6) is -2.72. The highest BCUT2D eigenvalue weighted by Crippen LogP contribution is 2.34. The van der Waals surface area contributed by atoms with E-state index in [0.29, 0.717) is 22.3 Å². The second kappa shape index (κ2) is 8.64. The summed E-state index contributed by atoms with van der Waals surface area (Å²) in [7, 11) is 1.94. The molecule has 0 aliphatic heterocycles. The predicted molar refractivity (Wildman–Crippen MR) is 102 cm³/mol. The second-order valence-electron chi connectivity index (χ2n) is 6.44. The Hall–Kier alpha value is -1.92. The van der Waals surface area contributed by atoms with E-state index in [1.54, 1.807) is 24.3 Å². The number of halogens is 2. The van der Waals surface area contributed by atoms with Crippen LogP contribution in [0.4, 0.5) is 14.5 Å². The molecule has 2 aromatic carbocycles. The summed E-state index contributed by atoms with van der Waals surface area (Å²) in [5.41, 5.74) is 3.05. The van der Waals surface area contributed by atoms with Crippen LogP contribution in [-0.4, -0.2) is 30.2 Å². The van der Waals surface area contributed by atoms with Crippen molar-refractivity contribution < 1.29 is 13.6 Å². The van der Waals surface area contributed by atoms with E-state index in [4.69, 9.17) is 0 Å². The van der Waals surface area contributed by atoms with E-state index in [-0.39, 0.29) is 18.5 Å². The fraction of sp³-hybridized carbons (Fsp3) is 0.350. The van der Waals surface area contributed by atoms with Crippen LogP contribution in [0, 0.1) is 0 Å². The second-order valence-corrected chi connectivity index (χ2v) is 7.48. The van der Waals surface area contributed by atoms with Crippen LogP contribution in [0.1, 0.15) is 30.0 Å². The number of hydrogen-bond acceptors (Lipinski definition) is 3. The molecule has 0 heterocycles. The predicted octanol–water partition coefficient (Wildman–Crippen LogP) is 4.95. The Bertz CT molecular complexity index is 769. The van der Waals surface area contributed by atoms with Crippen molar-refractivity contribution in [2.75, 3.05) is 18.9 Å². The van der Waals surface area contributed by atoms with Crippen LogP contribution in [0.5, 0.6) is 0 Å². The van der Waals surface area contributed by atoms with Gasteiger partial charge < -0.3 is 5.32 Å². The molecule has 2 aromatic rings. The van der Waals surface area contributed by atoms with Crippen molar-refractivity contribution in [1.82, 2.24) is 4.90 Å². The van der Waals surface area contributed by atoms with Gasteiger partial charge in [-0.1, -0.05) is 48.2 Å². The summed E-state index contributed by atoms with van der Waals surface area (Å²) in [4.78, 5) is 14.9. The van der Waals surface area contributed by atoms with Gasteiger partial charge in [-0.15, -0.1) is 0 Å². The standard InChI is InChI=1S/C20H22F2N2OS/c1-24(17-11-6-8-14-7-2-3-9-15(14)17)13-19(25)23-16-10-4-5-12-18(16)26-20(21)22/h2-5,7,9-10,12,17,20H,6,8,11,13H2,1H3,(H,23,25)/t17-/m0/s1. The third kappa shape index (κ3) is 4.62. The third-order valence-corrected chi connectivity index (χ3v) is 5.43. The van der Waals surface area contributed by atoms with Gasteiger partial charge in [-0.3, -0.25) is 9.69 Å². The number of aryl methyl sites for hydroxylation is 1. The van der Waals surface area contributed by atoms with Crippen molar-refractivity contribution in [2.45, 2.75) is 36.0 Å².